The van der Waals surface area contributed by atoms with Crippen molar-refractivity contribution in [1.29, 1.82) is 0 Å². The molecule has 8 nitrogen and oxygen atoms in total. The maximum absolute atomic E-state index is 12.4. The van der Waals surface area contributed by atoms with Gasteiger partial charge in [-0.3, -0.25) is 24.5 Å². The van der Waals surface area contributed by atoms with E-state index in [0.717, 1.165) is 11.3 Å². The molecule has 0 saturated heterocycles. The number of nitro benzene ring substituents is 1. The normalized spacial score (nSPS) is 12.6. The van der Waals surface area contributed by atoms with Crippen LogP contribution >= 0.6 is 0 Å². The number of fused-ring (bicyclic) bond motifs is 1. The Balaban J connectivity index is 1.54. The van der Waals surface area contributed by atoms with Gasteiger partial charge in [0.1, 0.15) is 0 Å². The van der Waals surface area contributed by atoms with E-state index in [2.05, 4.69) is 5.32 Å². The summed E-state index contributed by atoms with van der Waals surface area (Å²) in [5.74, 6) is -0.541. The van der Waals surface area contributed by atoms with Crippen molar-refractivity contribution < 1.29 is 19.3 Å². The second-order valence-corrected chi connectivity index (χ2v) is 6.56. The van der Waals surface area contributed by atoms with Crippen LogP contribution in [0.1, 0.15) is 27.9 Å². The van der Waals surface area contributed by atoms with E-state index in [1.165, 1.54) is 12.1 Å². The van der Waals surface area contributed by atoms with Crippen LogP contribution in [0.5, 0.6) is 0 Å². The minimum Gasteiger partial charge on any atom is -0.355 e. The fourth-order valence-corrected chi connectivity index (χ4v) is 3.18. The summed E-state index contributed by atoms with van der Waals surface area (Å²) in [5.41, 5.74) is 2.34. The van der Waals surface area contributed by atoms with E-state index in [0.29, 0.717) is 11.1 Å². The zero-order valence-electron chi connectivity index (χ0n) is 15.3. The van der Waals surface area contributed by atoms with Gasteiger partial charge in [-0.15, -0.1) is 0 Å². The zero-order valence-corrected chi connectivity index (χ0v) is 15.3. The summed E-state index contributed by atoms with van der Waals surface area (Å²) < 4.78 is 0. The molecule has 144 valence electrons. The number of likely N-dealkylation sites (N-methyl/N-ethyl adjacent to an activating group) is 1. The van der Waals surface area contributed by atoms with Gasteiger partial charge < -0.3 is 10.2 Å². The molecule has 1 heterocycles. The van der Waals surface area contributed by atoms with E-state index >= 15 is 0 Å². The molecule has 1 aliphatic rings. The van der Waals surface area contributed by atoms with Gasteiger partial charge in [0.2, 0.25) is 11.8 Å². The number of para-hydroxylation sites is 1. The van der Waals surface area contributed by atoms with Gasteiger partial charge in [0.05, 0.1) is 17.8 Å². The second kappa shape index (κ2) is 7.99. The second-order valence-electron chi connectivity index (χ2n) is 6.56. The molecule has 1 aliphatic heterocycles. The number of carbonyl (C=O) groups excluding carboxylic acids is 3. The highest BCUT2D eigenvalue weighted by Crippen LogP contribution is 2.28. The predicted octanol–water partition coefficient (Wildman–Crippen LogP) is 2.05. The number of anilines is 1. The van der Waals surface area contributed by atoms with E-state index in [1.807, 2.05) is 0 Å². The van der Waals surface area contributed by atoms with Gasteiger partial charge >= 0.3 is 0 Å². The quantitative estimate of drug-likeness (QED) is 0.448. The molecule has 1 N–H and O–H groups in total. The first-order valence-electron chi connectivity index (χ1n) is 8.78. The third-order valence-electron chi connectivity index (χ3n) is 4.69. The zero-order chi connectivity index (χ0) is 20.3. The highest BCUT2D eigenvalue weighted by atomic mass is 16.6. The lowest BCUT2D eigenvalue weighted by atomic mass is 10.0. The van der Waals surface area contributed by atoms with Crippen molar-refractivity contribution in [1.82, 2.24) is 5.32 Å². The molecule has 0 atom stereocenters. The highest BCUT2D eigenvalue weighted by Gasteiger charge is 2.24. The molecule has 0 aliphatic carbocycles. The Morgan fingerprint density at radius 2 is 1.96 bits per heavy atom. The number of nitro groups is 1. The lowest BCUT2D eigenvalue weighted by Crippen LogP contribution is -2.27. The Morgan fingerprint density at radius 1 is 1.21 bits per heavy atom. The van der Waals surface area contributed by atoms with Crippen LogP contribution in [0.3, 0.4) is 0 Å². The highest BCUT2D eigenvalue weighted by molar-refractivity contribution is 6.03. The lowest BCUT2D eigenvalue weighted by molar-refractivity contribution is -0.385. The van der Waals surface area contributed by atoms with Gasteiger partial charge in [-0.2, -0.15) is 0 Å². The first kappa shape index (κ1) is 19.2. The number of benzene rings is 2. The molecule has 0 radical (unpaired) electrons. The number of amides is 2. The average molecular weight is 381 g/mol. The molecule has 3 rings (SSSR count). The van der Waals surface area contributed by atoms with Crippen molar-refractivity contribution >= 4 is 29.0 Å². The summed E-state index contributed by atoms with van der Waals surface area (Å²) in [6.45, 7) is 0.133. The summed E-state index contributed by atoms with van der Waals surface area (Å²) in [5, 5.41) is 13.6. The third-order valence-corrected chi connectivity index (χ3v) is 4.69. The van der Waals surface area contributed by atoms with Crippen molar-refractivity contribution in [3.63, 3.8) is 0 Å². The summed E-state index contributed by atoms with van der Waals surface area (Å²) in [7, 11) is 1.70. The van der Waals surface area contributed by atoms with E-state index in [1.54, 1.807) is 42.3 Å². The van der Waals surface area contributed by atoms with Crippen molar-refractivity contribution in [2.75, 3.05) is 18.5 Å². The molecule has 2 amide bonds. The summed E-state index contributed by atoms with van der Waals surface area (Å²) in [6.07, 6.45) is 0.253. The predicted molar refractivity (Wildman–Crippen MR) is 102 cm³/mol. The molecular formula is C20H19N3O5. The van der Waals surface area contributed by atoms with Crippen LogP contribution in [-0.2, 0) is 22.4 Å². The SMILES string of the molecule is CN1C(=O)Cc2cc(C(=O)CCNC(=O)Cc3ccccc3[N+](=O)[O-])ccc21. The Bertz CT molecular complexity index is 970. The van der Waals surface area contributed by atoms with Crippen LogP contribution in [0, 0.1) is 10.1 Å². The minimum atomic E-state index is -0.526. The smallest absolute Gasteiger partial charge is 0.273 e. The van der Waals surface area contributed by atoms with Crippen LogP contribution in [0.2, 0.25) is 0 Å². The Kier molecular flexibility index (Phi) is 5.49. The van der Waals surface area contributed by atoms with Gasteiger partial charge in [0.25, 0.3) is 5.69 Å². The number of hydrogen-bond donors (Lipinski definition) is 1. The molecule has 8 heteroatoms. The van der Waals surface area contributed by atoms with E-state index in [4.69, 9.17) is 0 Å². The molecular weight excluding hydrogens is 362 g/mol. The van der Waals surface area contributed by atoms with Gasteiger partial charge in [0, 0.05) is 42.9 Å². The van der Waals surface area contributed by atoms with Crippen molar-refractivity contribution in [2.24, 2.45) is 0 Å². The lowest BCUT2D eigenvalue weighted by Gasteiger charge is -2.10. The number of nitrogens with zero attached hydrogens (tertiary/aromatic N) is 2. The number of ketones is 1. The van der Waals surface area contributed by atoms with E-state index in [9.17, 15) is 24.5 Å². The average Bonchev–Trinajstić information content (AvgIpc) is 2.95. The Morgan fingerprint density at radius 3 is 2.71 bits per heavy atom. The molecule has 0 bridgehead atoms. The van der Waals surface area contributed by atoms with Crippen LogP contribution in [-0.4, -0.2) is 36.1 Å². The molecule has 0 saturated carbocycles. The van der Waals surface area contributed by atoms with Crippen molar-refractivity contribution in [3.05, 3.63) is 69.3 Å². The maximum Gasteiger partial charge on any atom is 0.273 e. The van der Waals surface area contributed by atoms with Crippen LogP contribution in [0.25, 0.3) is 0 Å². The van der Waals surface area contributed by atoms with Crippen molar-refractivity contribution in [2.45, 2.75) is 19.3 Å². The van der Waals surface area contributed by atoms with E-state index in [-0.39, 0.29) is 49.1 Å². The minimum absolute atomic E-state index is 0.0122. The molecule has 0 unspecified atom stereocenters. The summed E-state index contributed by atoms with van der Waals surface area (Å²) >= 11 is 0. The van der Waals surface area contributed by atoms with Crippen molar-refractivity contribution in [3.8, 4) is 0 Å². The molecule has 2 aromatic carbocycles. The number of hydrogen-bond acceptors (Lipinski definition) is 5. The molecule has 0 fully saturated rings. The number of Topliss-reactive ketones (excluding diaryl/α,β-unsaturated/α-hetero) is 1. The van der Waals surface area contributed by atoms with Gasteiger partial charge in [0.15, 0.2) is 5.78 Å². The molecule has 0 aromatic heterocycles. The molecule has 0 spiro atoms. The molecule has 2 aromatic rings. The fraction of sp³-hybridized carbons (Fsp3) is 0.250. The largest absolute Gasteiger partial charge is 0.355 e. The van der Waals surface area contributed by atoms with E-state index < -0.39 is 4.92 Å². The standard InChI is InChI=1S/C20H19N3O5/c1-22-16-7-6-14(10-15(16)12-20(22)26)18(24)8-9-21-19(25)11-13-4-2-3-5-17(13)23(27)28/h2-7,10H,8-9,11-12H2,1H3,(H,21,25). The van der Waals surface area contributed by atoms with Crippen LogP contribution < -0.4 is 10.2 Å². The number of carbonyl (C=O) groups is 3. The monoisotopic (exact) mass is 381 g/mol. The number of nitrogens with one attached hydrogen (secondary N) is 1. The van der Waals surface area contributed by atoms with Gasteiger partial charge in [-0.25, -0.2) is 0 Å². The van der Waals surface area contributed by atoms with Gasteiger partial charge in [-0.1, -0.05) is 18.2 Å². The summed E-state index contributed by atoms with van der Waals surface area (Å²) in [6, 6.07) is 11.2. The summed E-state index contributed by atoms with van der Waals surface area (Å²) in [4.78, 5) is 48.1. The van der Waals surface area contributed by atoms with Crippen LogP contribution in [0.4, 0.5) is 11.4 Å². The molecule has 28 heavy (non-hydrogen) atoms. The Labute approximate surface area is 161 Å². The number of rotatable bonds is 7. The van der Waals surface area contributed by atoms with Crippen LogP contribution in [0.15, 0.2) is 42.5 Å². The van der Waals surface area contributed by atoms with Gasteiger partial charge in [-0.05, 0) is 23.8 Å². The maximum atomic E-state index is 12.4. The third kappa shape index (κ3) is 4.06. The Hall–Kier alpha value is -3.55. The first-order valence-corrected chi connectivity index (χ1v) is 8.78. The fourth-order valence-electron chi connectivity index (χ4n) is 3.18. The first-order chi connectivity index (χ1) is 13.4. The topological polar surface area (TPSA) is 110 Å².